The Morgan fingerprint density at radius 1 is 1.28 bits per heavy atom. The highest BCUT2D eigenvalue weighted by Crippen LogP contribution is 2.35. The number of hydrogen-bond donors (Lipinski definition) is 2. The van der Waals surface area contributed by atoms with Crippen molar-refractivity contribution in [2.24, 2.45) is 11.7 Å². The van der Waals surface area contributed by atoms with Crippen LogP contribution in [-0.2, 0) is 0 Å². The Labute approximate surface area is 174 Å². The number of rotatable bonds is 6. The Morgan fingerprint density at radius 3 is 2.83 bits per heavy atom. The van der Waals surface area contributed by atoms with Crippen LogP contribution in [0, 0.1) is 19.8 Å². The van der Waals surface area contributed by atoms with E-state index in [4.69, 9.17) is 15.5 Å². The third-order valence-electron chi connectivity index (χ3n) is 5.54. The molecule has 0 saturated heterocycles. The summed E-state index contributed by atoms with van der Waals surface area (Å²) in [7, 11) is 0. The first-order chi connectivity index (χ1) is 14.0. The number of fused-ring (bicyclic) bond motifs is 1. The number of benzene rings is 1. The van der Waals surface area contributed by atoms with Crippen LogP contribution in [0.15, 0.2) is 24.4 Å². The van der Waals surface area contributed by atoms with Crippen LogP contribution in [0.1, 0.15) is 53.7 Å². The van der Waals surface area contributed by atoms with Gasteiger partial charge in [-0.3, -0.25) is 9.78 Å². The van der Waals surface area contributed by atoms with Crippen LogP contribution in [0.3, 0.4) is 0 Å². The smallest absolute Gasteiger partial charge is 0.267 e. The number of primary amides is 1. The molecule has 1 saturated carbocycles. The van der Waals surface area contributed by atoms with Crippen molar-refractivity contribution in [2.75, 3.05) is 11.9 Å². The Bertz CT molecular complexity index is 1040. The van der Waals surface area contributed by atoms with Gasteiger partial charge in [0, 0.05) is 24.4 Å². The van der Waals surface area contributed by atoms with E-state index in [-0.39, 0.29) is 5.69 Å². The lowest BCUT2D eigenvalue weighted by Gasteiger charge is -2.21. The van der Waals surface area contributed by atoms with Gasteiger partial charge in [-0.25, -0.2) is 4.98 Å². The van der Waals surface area contributed by atoms with E-state index < -0.39 is 5.91 Å². The molecule has 1 aliphatic rings. The Balaban J connectivity index is 1.54. The van der Waals surface area contributed by atoms with Gasteiger partial charge in [-0.2, -0.15) is 0 Å². The van der Waals surface area contributed by atoms with Crippen LogP contribution in [0.25, 0.3) is 10.2 Å². The Morgan fingerprint density at radius 2 is 2.07 bits per heavy atom. The summed E-state index contributed by atoms with van der Waals surface area (Å²) in [4.78, 5) is 20.3. The normalized spacial score (nSPS) is 14.8. The van der Waals surface area contributed by atoms with Gasteiger partial charge in [-0.1, -0.05) is 30.6 Å². The second kappa shape index (κ2) is 8.37. The summed E-state index contributed by atoms with van der Waals surface area (Å²) < 4.78 is 7.14. The molecule has 7 heteroatoms. The zero-order chi connectivity index (χ0) is 20.4. The number of carbonyl (C=O) groups excluding carboxylic acids is 1. The molecular weight excluding hydrogens is 384 g/mol. The minimum Gasteiger partial charge on any atom is -0.457 e. The Hall–Kier alpha value is -2.67. The number of hydrogen-bond acceptors (Lipinski definition) is 6. The molecular formula is C22H26N4O2S. The highest BCUT2D eigenvalue weighted by Gasteiger charge is 2.16. The van der Waals surface area contributed by atoms with Gasteiger partial charge in [-0.05, 0) is 50.3 Å². The summed E-state index contributed by atoms with van der Waals surface area (Å²) in [5.41, 5.74) is 8.31. The number of anilines is 1. The topological polar surface area (TPSA) is 90.1 Å². The third-order valence-corrected chi connectivity index (χ3v) is 6.50. The van der Waals surface area contributed by atoms with Crippen molar-refractivity contribution in [1.82, 2.24) is 9.97 Å². The summed E-state index contributed by atoms with van der Waals surface area (Å²) in [5.74, 6) is 1.48. The van der Waals surface area contributed by atoms with Gasteiger partial charge in [0.25, 0.3) is 5.91 Å². The zero-order valence-corrected chi connectivity index (χ0v) is 17.6. The average molecular weight is 411 g/mol. The molecule has 0 radical (unpaired) electrons. The van der Waals surface area contributed by atoms with Crippen LogP contribution in [0.4, 0.5) is 5.13 Å². The van der Waals surface area contributed by atoms with Crippen LogP contribution >= 0.6 is 11.3 Å². The highest BCUT2D eigenvalue weighted by molar-refractivity contribution is 7.22. The lowest BCUT2D eigenvalue weighted by molar-refractivity contribution is 0.0994. The standard InChI is InChI=1S/C22H26N4O2S/c1-13-10-16(28-17-8-9-24-20(14(17)2)21(23)27)11-18-19(13)26-22(29-18)25-12-15-6-4-3-5-7-15/h8-11,15H,3-7,12H2,1-2H3,(H2,23,27)(H,25,26). The SMILES string of the molecule is Cc1c(Oc2cc(C)c3nc(NCC4CCCCC4)sc3c2)ccnc1C(N)=O. The monoisotopic (exact) mass is 410 g/mol. The Kier molecular flexibility index (Phi) is 5.67. The molecule has 2 aromatic heterocycles. The second-order valence-electron chi connectivity index (χ2n) is 7.74. The number of carbonyl (C=O) groups is 1. The summed E-state index contributed by atoms with van der Waals surface area (Å²) in [6.07, 6.45) is 8.22. The van der Waals surface area contributed by atoms with E-state index in [0.717, 1.165) is 33.4 Å². The van der Waals surface area contributed by atoms with Gasteiger partial charge in [0.2, 0.25) is 0 Å². The fourth-order valence-electron chi connectivity index (χ4n) is 3.93. The number of nitrogens with two attached hydrogens (primary N) is 1. The molecule has 1 aliphatic carbocycles. The van der Waals surface area contributed by atoms with E-state index in [1.165, 1.54) is 38.3 Å². The highest BCUT2D eigenvalue weighted by atomic mass is 32.1. The predicted molar refractivity (Wildman–Crippen MR) is 117 cm³/mol. The molecule has 1 aromatic carbocycles. The second-order valence-corrected chi connectivity index (χ2v) is 8.77. The maximum absolute atomic E-state index is 11.5. The molecule has 0 unspecified atom stereocenters. The summed E-state index contributed by atoms with van der Waals surface area (Å²) in [6.45, 7) is 4.82. The van der Waals surface area contributed by atoms with Crippen molar-refractivity contribution < 1.29 is 9.53 Å². The summed E-state index contributed by atoms with van der Waals surface area (Å²) >= 11 is 1.65. The van der Waals surface area contributed by atoms with Gasteiger partial charge >= 0.3 is 0 Å². The minimum atomic E-state index is -0.560. The first kappa shape index (κ1) is 19.6. The van der Waals surface area contributed by atoms with Crippen LogP contribution in [0.2, 0.25) is 0 Å². The zero-order valence-electron chi connectivity index (χ0n) is 16.8. The van der Waals surface area contributed by atoms with Crippen molar-refractivity contribution in [3.8, 4) is 11.5 Å². The van der Waals surface area contributed by atoms with Crippen molar-refractivity contribution in [3.05, 3.63) is 41.2 Å². The van der Waals surface area contributed by atoms with Crippen LogP contribution < -0.4 is 15.8 Å². The van der Waals surface area contributed by atoms with E-state index in [2.05, 4.69) is 10.3 Å². The van der Waals surface area contributed by atoms with Crippen molar-refractivity contribution in [3.63, 3.8) is 0 Å². The molecule has 0 atom stereocenters. The van der Waals surface area contributed by atoms with Gasteiger partial charge in [0.05, 0.1) is 10.2 Å². The fourth-order valence-corrected chi connectivity index (χ4v) is 4.91. The van der Waals surface area contributed by atoms with E-state index in [9.17, 15) is 4.79 Å². The molecule has 2 heterocycles. The van der Waals surface area contributed by atoms with Crippen molar-refractivity contribution >= 4 is 32.6 Å². The molecule has 1 amide bonds. The quantitative estimate of drug-likeness (QED) is 0.583. The first-order valence-electron chi connectivity index (χ1n) is 10.1. The lowest BCUT2D eigenvalue weighted by atomic mass is 9.89. The minimum absolute atomic E-state index is 0.229. The number of ether oxygens (including phenoxy) is 1. The number of nitrogens with one attached hydrogen (secondary N) is 1. The fraction of sp³-hybridized carbons (Fsp3) is 0.409. The van der Waals surface area contributed by atoms with Gasteiger partial charge < -0.3 is 15.8 Å². The molecule has 4 rings (SSSR count). The molecule has 6 nitrogen and oxygen atoms in total. The number of amides is 1. The predicted octanol–water partition coefficient (Wildman–Crippen LogP) is 5.19. The number of aryl methyl sites for hydroxylation is 1. The van der Waals surface area contributed by atoms with E-state index in [1.54, 1.807) is 24.3 Å². The van der Waals surface area contributed by atoms with E-state index in [0.29, 0.717) is 17.1 Å². The van der Waals surface area contributed by atoms with E-state index in [1.807, 2.05) is 19.1 Å². The molecule has 0 spiro atoms. The molecule has 0 aliphatic heterocycles. The van der Waals surface area contributed by atoms with Crippen molar-refractivity contribution in [2.45, 2.75) is 46.0 Å². The first-order valence-corrected chi connectivity index (χ1v) is 10.9. The average Bonchev–Trinajstić information content (AvgIpc) is 3.12. The maximum Gasteiger partial charge on any atom is 0.267 e. The number of aromatic nitrogens is 2. The van der Waals surface area contributed by atoms with Gasteiger partial charge in [0.1, 0.15) is 17.2 Å². The third kappa shape index (κ3) is 4.34. The molecule has 0 bridgehead atoms. The summed E-state index contributed by atoms with van der Waals surface area (Å²) in [6, 6.07) is 5.71. The number of thiazole rings is 1. The molecule has 29 heavy (non-hydrogen) atoms. The van der Waals surface area contributed by atoms with Crippen LogP contribution in [-0.4, -0.2) is 22.4 Å². The van der Waals surface area contributed by atoms with Crippen molar-refractivity contribution in [1.29, 1.82) is 0 Å². The molecule has 1 fully saturated rings. The van der Waals surface area contributed by atoms with Gasteiger partial charge in [0.15, 0.2) is 5.13 Å². The maximum atomic E-state index is 11.5. The van der Waals surface area contributed by atoms with E-state index >= 15 is 0 Å². The molecule has 152 valence electrons. The largest absolute Gasteiger partial charge is 0.457 e. The lowest BCUT2D eigenvalue weighted by Crippen LogP contribution is -2.16. The summed E-state index contributed by atoms with van der Waals surface area (Å²) in [5, 5.41) is 4.50. The molecule has 3 N–H and O–H groups in total. The number of nitrogens with zero attached hydrogens (tertiary/aromatic N) is 2. The van der Waals surface area contributed by atoms with Gasteiger partial charge in [-0.15, -0.1) is 0 Å². The van der Waals surface area contributed by atoms with Crippen LogP contribution in [0.5, 0.6) is 11.5 Å². The molecule has 3 aromatic rings. The number of pyridine rings is 1.